The monoisotopic (exact) mass is 257 g/mol. The van der Waals surface area contributed by atoms with E-state index >= 15 is 0 Å². The fourth-order valence-corrected chi connectivity index (χ4v) is 2.40. The molecule has 0 fully saturated rings. The molecule has 0 atom stereocenters. The topological polar surface area (TPSA) is 76.5 Å². The molecule has 0 bridgehead atoms. The molecule has 0 unspecified atom stereocenters. The standard InChI is InChI=1S/C15H15NO3/c1-7(2)8-3-4-10-9(5-8)13-11(16-10)6-12(17)14(18)15(13)19/h3-7,16-19H,1-2H3. The van der Waals surface area contributed by atoms with Crippen molar-refractivity contribution in [2.45, 2.75) is 19.8 Å². The number of aromatic hydroxyl groups is 3. The average molecular weight is 257 g/mol. The summed E-state index contributed by atoms with van der Waals surface area (Å²) < 4.78 is 0. The highest BCUT2D eigenvalue weighted by molar-refractivity contribution is 6.12. The molecule has 98 valence electrons. The third-order valence-corrected chi connectivity index (χ3v) is 3.50. The molecule has 4 nitrogen and oxygen atoms in total. The van der Waals surface area contributed by atoms with Gasteiger partial charge in [0.1, 0.15) is 0 Å². The highest BCUT2D eigenvalue weighted by atomic mass is 16.3. The van der Waals surface area contributed by atoms with Crippen LogP contribution in [0, 0.1) is 0 Å². The van der Waals surface area contributed by atoms with E-state index < -0.39 is 5.75 Å². The van der Waals surface area contributed by atoms with Crippen molar-refractivity contribution in [3.63, 3.8) is 0 Å². The number of aromatic nitrogens is 1. The summed E-state index contributed by atoms with van der Waals surface area (Å²) in [5, 5.41) is 30.6. The Morgan fingerprint density at radius 1 is 0.947 bits per heavy atom. The van der Waals surface area contributed by atoms with Gasteiger partial charge >= 0.3 is 0 Å². The Kier molecular flexibility index (Phi) is 2.35. The van der Waals surface area contributed by atoms with Crippen molar-refractivity contribution in [2.75, 3.05) is 0 Å². The van der Waals surface area contributed by atoms with Crippen molar-refractivity contribution in [2.24, 2.45) is 0 Å². The van der Waals surface area contributed by atoms with E-state index in [1.165, 1.54) is 6.07 Å². The fraction of sp³-hybridized carbons (Fsp3) is 0.200. The molecule has 3 rings (SSSR count). The summed E-state index contributed by atoms with van der Waals surface area (Å²) in [7, 11) is 0. The van der Waals surface area contributed by atoms with Gasteiger partial charge in [-0.1, -0.05) is 19.9 Å². The lowest BCUT2D eigenvalue weighted by atomic mass is 10.0. The number of hydrogen-bond donors (Lipinski definition) is 4. The fourth-order valence-electron chi connectivity index (χ4n) is 2.40. The van der Waals surface area contributed by atoms with E-state index in [9.17, 15) is 15.3 Å². The lowest BCUT2D eigenvalue weighted by Crippen LogP contribution is -1.85. The van der Waals surface area contributed by atoms with Gasteiger partial charge < -0.3 is 20.3 Å². The third-order valence-electron chi connectivity index (χ3n) is 3.50. The van der Waals surface area contributed by atoms with Crippen molar-refractivity contribution in [1.82, 2.24) is 4.98 Å². The number of phenolic OH excluding ortho intramolecular Hbond substituents is 3. The van der Waals surface area contributed by atoms with Crippen LogP contribution in [0.1, 0.15) is 25.3 Å². The predicted molar refractivity (Wildman–Crippen MR) is 74.9 cm³/mol. The van der Waals surface area contributed by atoms with Gasteiger partial charge in [-0.3, -0.25) is 0 Å². The van der Waals surface area contributed by atoms with E-state index in [1.54, 1.807) is 0 Å². The Morgan fingerprint density at radius 2 is 1.68 bits per heavy atom. The lowest BCUT2D eigenvalue weighted by molar-refractivity contribution is 0.371. The molecular formula is C15H15NO3. The summed E-state index contributed by atoms with van der Waals surface area (Å²) in [6, 6.07) is 7.38. The minimum atomic E-state index is -0.483. The van der Waals surface area contributed by atoms with Crippen LogP contribution < -0.4 is 0 Å². The second kappa shape index (κ2) is 3.82. The molecule has 0 aliphatic heterocycles. The van der Waals surface area contributed by atoms with Gasteiger partial charge in [-0.15, -0.1) is 0 Å². The molecule has 4 heteroatoms. The zero-order chi connectivity index (χ0) is 13.7. The molecule has 0 saturated carbocycles. The molecule has 0 aliphatic carbocycles. The Hall–Kier alpha value is -2.36. The first-order valence-electron chi connectivity index (χ1n) is 6.18. The molecule has 1 heterocycles. The number of benzene rings is 2. The predicted octanol–water partition coefficient (Wildman–Crippen LogP) is 3.56. The quantitative estimate of drug-likeness (QED) is 0.503. The van der Waals surface area contributed by atoms with E-state index in [2.05, 4.69) is 18.8 Å². The van der Waals surface area contributed by atoms with E-state index in [4.69, 9.17) is 0 Å². The normalized spacial score (nSPS) is 11.7. The zero-order valence-electron chi connectivity index (χ0n) is 10.7. The van der Waals surface area contributed by atoms with Gasteiger partial charge in [-0.05, 0) is 23.6 Å². The number of nitrogens with one attached hydrogen (secondary N) is 1. The van der Waals surface area contributed by atoms with Gasteiger partial charge in [-0.25, -0.2) is 0 Å². The number of H-pyrrole nitrogens is 1. The molecule has 0 spiro atoms. The summed E-state index contributed by atoms with van der Waals surface area (Å²) in [6.07, 6.45) is 0. The molecule has 1 aromatic heterocycles. The van der Waals surface area contributed by atoms with Gasteiger partial charge in [0.15, 0.2) is 11.5 Å². The highest BCUT2D eigenvalue weighted by Gasteiger charge is 2.16. The Labute approximate surface area is 109 Å². The molecule has 0 radical (unpaired) electrons. The van der Waals surface area contributed by atoms with Gasteiger partial charge in [-0.2, -0.15) is 0 Å². The summed E-state index contributed by atoms with van der Waals surface area (Å²) in [4.78, 5) is 3.12. The number of phenols is 3. The SMILES string of the molecule is CC(C)c1ccc2[nH]c3cc(O)c(O)c(O)c3c2c1. The zero-order valence-corrected chi connectivity index (χ0v) is 10.7. The molecule has 0 amide bonds. The smallest absolute Gasteiger partial charge is 0.201 e. The van der Waals surface area contributed by atoms with Crippen molar-refractivity contribution in [1.29, 1.82) is 0 Å². The number of hydrogen-bond acceptors (Lipinski definition) is 3. The van der Waals surface area contributed by atoms with Crippen LogP contribution in [0.5, 0.6) is 17.2 Å². The summed E-state index contributed by atoms with van der Waals surface area (Å²) in [6.45, 7) is 4.19. The lowest BCUT2D eigenvalue weighted by Gasteiger charge is -2.05. The Balaban J connectivity index is 2.46. The van der Waals surface area contributed by atoms with Crippen molar-refractivity contribution in [3.05, 3.63) is 29.8 Å². The molecule has 0 aliphatic rings. The van der Waals surface area contributed by atoms with Crippen LogP contribution >= 0.6 is 0 Å². The van der Waals surface area contributed by atoms with Crippen molar-refractivity contribution in [3.8, 4) is 17.2 Å². The average Bonchev–Trinajstić information content (AvgIpc) is 2.72. The molecular weight excluding hydrogens is 242 g/mol. The molecule has 3 aromatic rings. The summed E-state index contributed by atoms with van der Waals surface area (Å²) >= 11 is 0. The van der Waals surface area contributed by atoms with Crippen LogP contribution in [0.4, 0.5) is 0 Å². The second-order valence-corrected chi connectivity index (χ2v) is 5.10. The number of fused-ring (bicyclic) bond motifs is 3. The first-order valence-corrected chi connectivity index (χ1v) is 6.18. The number of rotatable bonds is 1. The molecule has 4 N–H and O–H groups in total. The van der Waals surface area contributed by atoms with Gasteiger partial charge in [0.2, 0.25) is 5.75 Å². The van der Waals surface area contributed by atoms with Crippen LogP contribution in [0.25, 0.3) is 21.8 Å². The third kappa shape index (κ3) is 1.60. The van der Waals surface area contributed by atoms with Crippen molar-refractivity contribution >= 4 is 21.8 Å². The minimum Gasteiger partial charge on any atom is -0.504 e. The minimum absolute atomic E-state index is 0.290. The van der Waals surface area contributed by atoms with E-state index in [-0.39, 0.29) is 11.5 Å². The van der Waals surface area contributed by atoms with Crippen LogP contribution in [0.15, 0.2) is 24.3 Å². The second-order valence-electron chi connectivity index (χ2n) is 5.10. The largest absolute Gasteiger partial charge is 0.504 e. The highest BCUT2D eigenvalue weighted by Crippen LogP contribution is 2.44. The van der Waals surface area contributed by atoms with Crippen LogP contribution in [0.3, 0.4) is 0 Å². The first kappa shape index (κ1) is 11.7. The Morgan fingerprint density at radius 3 is 2.37 bits per heavy atom. The van der Waals surface area contributed by atoms with Crippen molar-refractivity contribution < 1.29 is 15.3 Å². The van der Waals surface area contributed by atoms with Gasteiger partial charge in [0.05, 0.1) is 10.9 Å². The van der Waals surface area contributed by atoms with Crippen LogP contribution in [-0.2, 0) is 0 Å². The first-order chi connectivity index (χ1) is 8.99. The Bertz CT molecular complexity index is 787. The summed E-state index contributed by atoms with van der Waals surface area (Å²) in [5.74, 6) is -0.728. The maximum absolute atomic E-state index is 10.0. The van der Waals surface area contributed by atoms with Crippen LogP contribution in [-0.4, -0.2) is 20.3 Å². The van der Waals surface area contributed by atoms with E-state index in [0.717, 1.165) is 16.5 Å². The molecule has 19 heavy (non-hydrogen) atoms. The molecule has 0 saturated heterocycles. The molecule has 2 aromatic carbocycles. The van der Waals surface area contributed by atoms with Gasteiger partial charge in [0.25, 0.3) is 0 Å². The van der Waals surface area contributed by atoms with E-state index in [0.29, 0.717) is 16.8 Å². The van der Waals surface area contributed by atoms with Gasteiger partial charge in [0, 0.05) is 17.0 Å². The summed E-state index contributed by atoms with van der Waals surface area (Å²) in [5.41, 5.74) is 2.61. The van der Waals surface area contributed by atoms with E-state index in [1.807, 2.05) is 18.2 Å². The maximum Gasteiger partial charge on any atom is 0.201 e. The maximum atomic E-state index is 10.0. The number of aromatic amines is 1. The van der Waals surface area contributed by atoms with Crippen LogP contribution in [0.2, 0.25) is 0 Å².